The first-order valence-electron chi connectivity index (χ1n) is 6.05. The summed E-state index contributed by atoms with van der Waals surface area (Å²) in [6.45, 7) is 4.06. The Hall–Kier alpha value is -0.0900. The Labute approximate surface area is 116 Å². The van der Waals surface area contributed by atoms with Gasteiger partial charge in [-0.2, -0.15) is 0 Å². The molecule has 1 aliphatic heterocycles. The first kappa shape index (κ1) is 13.3. The first-order valence-corrected chi connectivity index (χ1v) is 7.22. The molecular weight excluding hydrogens is 300 g/mol. The van der Waals surface area contributed by atoms with Gasteiger partial charge in [0.25, 0.3) is 0 Å². The molecule has 17 heavy (non-hydrogen) atoms. The van der Waals surface area contributed by atoms with Crippen LogP contribution in [-0.4, -0.2) is 24.5 Å². The third-order valence-electron chi connectivity index (χ3n) is 3.33. The summed E-state index contributed by atoms with van der Waals surface area (Å²) in [6.07, 6.45) is 2.53. The van der Waals surface area contributed by atoms with Crippen molar-refractivity contribution in [3.8, 4) is 0 Å². The summed E-state index contributed by atoms with van der Waals surface area (Å²) >= 11 is 9.52. The fourth-order valence-corrected chi connectivity index (χ4v) is 2.83. The molecule has 0 radical (unpaired) electrons. The number of piperidine rings is 1. The number of nitrogens with two attached hydrogens (primary N) is 1. The molecule has 2 nitrogen and oxygen atoms in total. The van der Waals surface area contributed by atoms with E-state index in [2.05, 4.69) is 26.9 Å². The quantitative estimate of drug-likeness (QED) is 0.927. The topological polar surface area (TPSA) is 29.3 Å². The molecule has 1 fully saturated rings. The maximum Gasteiger partial charge on any atom is 0.0551 e. The van der Waals surface area contributed by atoms with Crippen molar-refractivity contribution < 1.29 is 0 Å². The molecule has 4 heteroatoms. The zero-order valence-corrected chi connectivity index (χ0v) is 12.2. The molecular formula is C13H18BrClN2. The lowest BCUT2D eigenvalue weighted by molar-refractivity contribution is 0.171. The summed E-state index contributed by atoms with van der Waals surface area (Å²) in [7, 11) is 0. The van der Waals surface area contributed by atoms with Crippen molar-refractivity contribution >= 4 is 27.5 Å². The Morgan fingerprint density at radius 1 is 1.47 bits per heavy atom. The zero-order chi connectivity index (χ0) is 12.3. The van der Waals surface area contributed by atoms with Gasteiger partial charge >= 0.3 is 0 Å². The fourth-order valence-electron chi connectivity index (χ4n) is 2.38. The van der Waals surface area contributed by atoms with Gasteiger partial charge in [-0.25, -0.2) is 0 Å². The third-order valence-corrected chi connectivity index (χ3v) is 4.56. The summed E-state index contributed by atoms with van der Waals surface area (Å²) in [5, 5.41) is 0.787. The van der Waals surface area contributed by atoms with Crippen molar-refractivity contribution in [1.29, 1.82) is 0 Å². The van der Waals surface area contributed by atoms with E-state index in [9.17, 15) is 0 Å². The van der Waals surface area contributed by atoms with Crippen molar-refractivity contribution in [2.24, 2.45) is 11.7 Å². The van der Waals surface area contributed by atoms with Crippen LogP contribution in [0.1, 0.15) is 18.4 Å². The average molecular weight is 318 g/mol. The van der Waals surface area contributed by atoms with Gasteiger partial charge in [-0.15, -0.1) is 0 Å². The van der Waals surface area contributed by atoms with Crippen LogP contribution in [-0.2, 0) is 6.54 Å². The SMILES string of the molecule is NCC1CCCN(Cc2ccc(Br)c(Cl)c2)C1. The summed E-state index contributed by atoms with van der Waals surface area (Å²) in [6, 6.07) is 6.18. The Bertz CT molecular complexity index is 384. The molecule has 1 unspecified atom stereocenters. The highest BCUT2D eigenvalue weighted by atomic mass is 79.9. The Morgan fingerprint density at radius 3 is 3.00 bits per heavy atom. The molecule has 2 N–H and O–H groups in total. The normalized spacial score (nSPS) is 21.7. The van der Waals surface area contributed by atoms with Gasteiger partial charge in [0, 0.05) is 17.6 Å². The van der Waals surface area contributed by atoms with Crippen LogP contribution in [0.5, 0.6) is 0 Å². The van der Waals surface area contributed by atoms with Crippen molar-refractivity contribution in [3.05, 3.63) is 33.3 Å². The van der Waals surface area contributed by atoms with Gasteiger partial charge in [0.1, 0.15) is 0 Å². The van der Waals surface area contributed by atoms with E-state index in [0.717, 1.165) is 29.1 Å². The molecule has 0 bridgehead atoms. The van der Waals surface area contributed by atoms with Crippen molar-refractivity contribution in [1.82, 2.24) is 4.90 Å². The number of likely N-dealkylation sites (tertiary alicyclic amines) is 1. The predicted molar refractivity (Wildman–Crippen MR) is 76.2 cm³/mol. The fraction of sp³-hybridized carbons (Fsp3) is 0.538. The second-order valence-corrected chi connectivity index (χ2v) is 5.99. The molecule has 0 amide bonds. The third kappa shape index (κ3) is 3.68. The van der Waals surface area contributed by atoms with Gasteiger partial charge in [0.2, 0.25) is 0 Å². The Kier molecular flexibility index (Phi) is 4.86. The molecule has 0 aromatic heterocycles. The van der Waals surface area contributed by atoms with Crippen LogP contribution < -0.4 is 5.73 Å². The highest BCUT2D eigenvalue weighted by Crippen LogP contribution is 2.25. The number of benzene rings is 1. The molecule has 0 saturated carbocycles. The van der Waals surface area contributed by atoms with Gasteiger partial charge in [-0.3, -0.25) is 4.90 Å². The van der Waals surface area contributed by atoms with Gasteiger partial charge in [-0.1, -0.05) is 17.7 Å². The maximum atomic E-state index is 6.10. The molecule has 94 valence electrons. The Balaban J connectivity index is 1.97. The minimum absolute atomic E-state index is 0.662. The largest absolute Gasteiger partial charge is 0.330 e. The molecule has 0 aliphatic carbocycles. The lowest BCUT2D eigenvalue weighted by Gasteiger charge is -2.32. The number of rotatable bonds is 3. The second kappa shape index (κ2) is 6.19. The van der Waals surface area contributed by atoms with E-state index >= 15 is 0 Å². The van der Waals surface area contributed by atoms with Crippen LogP contribution in [0, 0.1) is 5.92 Å². The van der Waals surface area contributed by atoms with Crippen LogP contribution in [0.15, 0.2) is 22.7 Å². The molecule has 1 aliphatic rings. The maximum absolute atomic E-state index is 6.10. The number of halogens is 2. The average Bonchev–Trinajstić information content (AvgIpc) is 2.34. The standard InChI is InChI=1S/C13H18BrClN2/c14-12-4-3-10(6-13(12)15)8-17-5-1-2-11(7-16)9-17/h3-4,6,11H,1-2,5,7-9,16H2. The lowest BCUT2D eigenvalue weighted by atomic mass is 9.98. The van der Waals surface area contributed by atoms with E-state index < -0.39 is 0 Å². The van der Waals surface area contributed by atoms with Gasteiger partial charge < -0.3 is 5.73 Å². The monoisotopic (exact) mass is 316 g/mol. The lowest BCUT2D eigenvalue weighted by Crippen LogP contribution is -2.37. The van der Waals surface area contributed by atoms with Gasteiger partial charge in [0.15, 0.2) is 0 Å². The van der Waals surface area contributed by atoms with Crippen molar-refractivity contribution in [2.75, 3.05) is 19.6 Å². The number of hydrogen-bond acceptors (Lipinski definition) is 2. The molecule has 2 rings (SSSR count). The van der Waals surface area contributed by atoms with Crippen LogP contribution in [0.4, 0.5) is 0 Å². The van der Waals surface area contributed by atoms with E-state index in [1.165, 1.54) is 24.9 Å². The predicted octanol–water partition coefficient (Wildman–Crippen LogP) is 3.27. The van der Waals surface area contributed by atoms with Crippen LogP contribution in [0.2, 0.25) is 5.02 Å². The highest BCUT2D eigenvalue weighted by molar-refractivity contribution is 9.10. The molecule has 1 atom stereocenters. The van der Waals surface area contributed by atoms with E-state index in [0.29, 0.717) is 5.92 Å². The molecule has 1 saturated heterocycles. The van der Waals surface area contributed by atoms with Crippen LogP contribution in [0.25, 0.3) is 0 Å². The number of hydrogen-bond donors (Lipinski definition) is 1. The van der Waals surface area contributed by atoms with Gasteiger partial charge in [-0.05, 0) is 65.5 Å². The molecule has 1 aromatic carbocycles. The zero-order valence-electron chi connectivity index (χ0n) is 9.83. The van der Waals surface area contributed by atoms with E-state index in [-0.39, 0.29) is 0 Å². The smallest absolute Gasteiger partial charge is 0.0551 e. The number of nitrogens with zero attached hydrogens (tertiary/aromatic N) is 1. The van der Waals surface area contributed by atoms with Crippen molar-refractivity contribution in [3.63, 3.8) is 0 Å². The molecule has 1 heterocycles. The van der Waals surface area contributed by atoms with Crippen LogP contribution in [0.3, 0.4) is 0 Å². The summed E-state index contributed by atoms with van der Waals surface area (Å²) in [5.74, 6) is 0.662. The highest BCUT2D eigenvalue weighted by Gasteiger charge is 2.18. The minimum atomic E-state index is 0.662. The second-order valence-electron chi connectivity index (χ2n) is 4.73. The Morgan fingerprint density at radius 2 is 2.29 bits per heavy atom. The van der Waals surface area contributed by atoms with E-state index in [1.807, 2.05) is 12.1 Å². The summed E-state index contributed by atoms with van der Waals surface area (Å²) in [5.41, 5.74) is 7.02. The van der Waals surface area contributed by atoms with Crippen LogP contribution >= 0.6 is 27.5 Å². The van der Waals surface area contributed by atoms with E-state index in [4.69, 9.17) is 17.3 Å². The van der Waals surface area contributed by atoms with E-state index in [1.54, 1.807) is 0 Å². The molecule has 0 spiro atoms. The first-order chi connectivity index (χ1) is 8.19. The van der Waals surface area contributed by atoms with Gasteiger partial charge in [0.05, 0.1) is 5.02 Å². The summed E-state index contributed by atoms with van der Waals surface area (Å²) < 4.78 is 0.960. The minimum Gasteiger partial charge on any atom is -0.330 e. The molecule has 1 aromatic rings. The summed E-state index contributed by atoms with van der Waals surface area (Å²) in [4.78, 5) is 2.47. The van der Waals surface area contributed by atoms with Crippen molar-refractivity contribution in [2.45, 2.75) is 19.4 Å².